The third kappa shape index (κ3) is 2.09. The monoisotopic (exact) mass is 219 g/mol. The highest BCUT2D eigenvalue weighted by Gasteiger charge is 2.27. The standard InChI is InChI=1S/C13H18N2O/c1-10(13(16)14-2)15-8-7-11-5-3-4-6-12(11)9-15/h3-6,10H,7-9H2,1-2H3,(H,14,16)/p+1/t10-/m0/s1. The molecule has 1 aliphatic heterocycles. The number of hydrogen-bond acceptors (Lipinski definition) is 1. The molecule has 1 aromatic carbocycles. The van der Waals surface area contributed by atoms with Gasteiger partial charge in [-0.2, -0.15) is 0 Å². The third-order valence-corrected chi connectivity index (χ3v) is 3.50. The lowest BCUT2D eigenvalue weighted by atomic mass is 9.99. The number of fused-ring (bicyclic) bond motifs is 1. The van der Waals surface area contributed by atoms with Crippen molar-refractivity contribution < 1.29 is 9.69 Å². The summed E-state index contributed by atoms with van der Waals surface area (Å²) >= 11 is 0. The van der Waals surface area contributed by atoms with Crippen LogP contribution in [0.1, 0.15) is 18.1 Å². The largest absolute Gasteiger partial charge is 0.354 e. The van der Waals surface area contributed by atoms with E-state index in [1.165, 1.54) is 16.0 Å². The van der Waals surface area contributed by atoms with Crippen molar-refractivity contribution in [2.45, 2.75) is 25.9 Å². The lowest BCUT2D eigenvalue weighted by Crippen LogP contribution is -3.16. The maximum Gasteiger partial charge on any atom is 0.277 e. The first-order valence-electron chi connectivity index (χ1n) is 5.85. The van der Waals surface area contributed by atoms with Gasteiger partial charge in [-0.1, -0.05) is 24.3 Å². The van der Waals surface area contributed by atoms with E-state index in [1.807, 2.05) is 6.92 Å². The maximum absolute atomic E-state index is 11.6. The third-order valence-electron chi connectivity index (χ3n) is 3.50. The molecule has 0 radical (unpaired) electrons. The van der Waals surface area contributed by atoms with Gasteiger partial charge >= 0.3 is 0 Å². The molecule has 16 heavy (non-hydrogen) atoms. The topological polar surface area (TPSA) is 33.5 Å². The smallest absolute Gasteiger partial charge is 0.277 e. The Bertz CT molecular complexity index is 389. The second-order valence-electron chi connectivity index (χ2n) is 4.44. The van der Waals surface area contributed by atoms with Crippen LogP contribution in [0.15, 0.2) is 24.3 Å². The molecule has 1 aromatic rings. The molecule has 0 saturated heterocycles. The molecule has 0 spiro atoms. The predicted molar refractivity (Wildman–Crippen MR) is 63.2 cm³/mol. The minimum Gasteiger partial charge on any atom is -0.354 e. The molecule has 0 bridgehead atoms. The van der Waals surface area contributed by atoms with E-state index in [2.05, 4.69) is 29.6 Å². The fourth-order valence-corrected chi connectivity index (χ4v) is 2.37. The van der Waals surface area contributed by atoms with Crippen molar-refractivity contribution in [1.82, 2.24) is 5.32 Å². The Labute approximate surface area is 96.5 Å². The zero-order chi connectivity index (χ0) is 11.5. The van der Waals surface area contributed by atoms with E-state index in [4.69, 9.17) is 0 Å². The quantitative estimate of drug-likeness (QED) is 0.707. The molecule has 2 rings (SSSR count). The molecule has 3 heteroatoms. The molecular weight excluding hydrogens is 200 g/mol. The summed E-state index contributed by atoms with van der Waals surface area (Å²) in [5, 5.41) is 2.73. The normalized spacial score (nSPS) is 21.0. The van der Waals surface area contributed by atoms with Crippen LogP contribution in [0.5, 0.6) is 0 Å². The molecule has 2 N–H and O–H groups in total. The number of quaternary nitrogens is 1. The highest BCUT2D eigenvalue weighted by molar-refractivity contribution is 5.79. The Morgan fingerprint density at radius 3 is 2.75 bits per heavy atom. The fraction of sp³-hybridized carbons (Fsp3) is 0.462. The Morgan fingerprint density at radius 1 is 1.38 bits per heavy atom. The first-order chi connectivity index (χ1) is 7.72. The highest BCUT2D eigenvalue weighted by Crippen LogP contribution is 2.10. The summed E-state index contributed by atoms with van der Waals surface area (Å²) in [5.41, 5.74) is 2.83. The first-order valence-corrected chi connectivity index (χ1v) is 5.85. The lowest BCUT2D eigenvalue weighted by molar-refractivity contribution is -0.929. The van der Waals surface area contributed by atoms with Crippen LogP contribution >= 0.6 is 0 Å². The van der Waals surface area contributed by atoms with E-state index in [1.54, 1.807) is 7.05 Å². The second kappa shape index (κ2) is 4.66. The summed E-state index contributed by atoms with van der Waals surface area (Å²) in [6.45, 7) is 4.01. The van der Waals surface area contributed by atoms with Gasteiger partial charge in [0.25, 0.3) is 5.91 Å². The zero-order valence-corrected chi connectivity index (χ0v) is 9.92. The number of rotatable bonds is 2. The van der Waals surface area contributed by atoms with Crippen molar-refractivity contribution in [3.8, 4) is 0 Å². The molecule has 86 valence electrons. The van der Waals surface area contributed by atoms with E-state index in [9.17, 15) is 4.79 Å². The molecule has 0 fully saturated rings. The van der Waals surface area contributed by atoms with Crippen molar-refractivity contribution in [2.75, 3.05) is 13.6 Å². The van der Waals surface area contributed by atoms with Gasteiger partial charge in [0.2, 0.25) is 0 Å². The molecule has 2 atom stereocenters. The molecule has 0 saturated carbocycles. The molecule has 0 aromatic heterocycles. The Kier molecular flexibility index (Phi) is 3.25. The summed E-state index contributed by atoms with van der Waals surface area (Å²) in [4.78, 5) is 13.0. The summed E-state index contributed by atoms with van der Waals surface area (Å²) in [7, 11) is 1.70. The van der Waals surface area contributed by atoms with Gasteiger partial charge < -0.3 is 10.2 Å². The van der Waals surface area contributed by atoms with Crippen LogP contribution in [0.3, 0.4) is 0 Å². The molecule has 1 amide bonds. The minimum absolute atomic E-state index is 0.0401. The summed E-state index contributed by atoms with van der Waals surface area (Å²) in [6, 6.07) is 8.57. The molecule has 1 unspecified atom stereocenters. The van der Waals surface area contributed by atoms with Crippen LogP contribution in [0.4, 0.5) is 0 Å². The van der Waals surface area contributed by atoms with Gasteiger partial charge in [-0.05, 0) is 12.5 Å². The van der Waals surface area contributed by atoms with Crippen LogP contribution < -0.4 is 10.2 Å². The zero-order valence-electron chi connectivity index (χ0n) is 9.92. The van der Waals surface area contributed by atoms with Gasteiger partial charge in [-0.15, -0.1) is 0 Å². The van der Waals surface area contributed by atoms with Crippen LogP contribution in [0, 0.1) is 0 Å². The fourth-order valence-electron chi connectivity index (χ4n) is 2.37. The van der Waals surface area contributed by atoms with E-state index in [0.717, 1.165) is 19.5 Å². The number of nitrogens with one attached hydrogen (secondary N) is 2. The Balaban J connectivity index is 2.10. The van der Waals surface area contributed by atoms with E-state index < -0.39 is 0 Å². The van der Waals surface area contributed by atoms with Crippen LogP contribution in [0.25, 0.3) is 0 Å². The van der Waals surface area contributed by atoms with Crippen molar-refractivity contribution in [3.05, 3.63) is 35.4 Å². The average Bonchev–Trinajstić information content (AvgIpc) is 2.36. The molecule has 0 aliphatic carbocycles. The summed E-state index contributed by atoms with van der Waals surface area (Å²) < 4.78 is 0. The second-order valence-corrected chi connectivity index (χ2v) is 4.44. The molecule has 1 heterocycles. The van der Waals surface area contributed by atoms with Crippen molar-refractivity contribution in [1.29, 1.82) is 0 Å². The summed E-state index contributed by atoms with van der Waals surface area (Å²) in [5.74, 6) is 0.134. The van der Waals surface area contributed by atoms with Gasteiger partial charge in [0.05, 0.1) is 6.54 Å². The number of carbonyl (C=O) groups excluding carboxylic acids is 1. The van der Waals surface area contributed by atoms with Crippen LogP contribution in [-0.2, 0) is 17.8 Å². The number of amides is 1. The van der Waals surface area contributed by atoms with Crippen molar-refractivity contribution in [3.63, 3.8) is 0 Å². The molecule has 3 nitrogen and oxygen atoms in total. The van der Waals surface area contributed by atoms with Crippen molar-refractivity contribution in [2.24, 2.45) is 0 Å². The predicted octanol–water partition coefficient (Wildman–Crippen LogP) is -0.238. The Hall–Kier alpha value is -1.35. The number of carbonyl (C=O) groups is 1. The number of benzene rings is 1. The van der Waals surface area contributed by atoms with Gasteiger partial charge in [0.1, 0.15) is 6.54 Å². The van der Waals surface area contributed by atoms with Gasteiger partial charge in [-0.3, -0.25) is 4.79 Å². The summed E-state index contributed by atoms with van der Waals surface area (Å²) in [6.07, 6.45) is 1.08. The Morgan fingerprint density at radius 2 is 2.06 bits per heavy atom. The molecular formula is C13H19N2O+. The number of hydrogen-bond donors (Lipinski definition) is 2. The van der Waals surface area contributed by atoms with Gasteiger partial charge in [0.15, 0.2) is 6.04 Å². The van der Waals surface area contributed by atoms with Crippen LogP contribution in [-0.4, -0.2) is 25.5 Å². The lowest BCUT2D eigenvalue weighted by Gasteiger charge is -2.29. The van der Waals surface area contributed by atoms with Crippen molar-refractivity contribution >= 4 is 5.91 Å². The maximum atomic E-state index is 11.6. The minimum atomic E-state index is 0.0401. The molecule has 1 aliphatic rings. The first kappa shape index (κ1) is 11.1. The number of likely N-dealkylation sites (N-methyl/N-ethyl adjacent to an activating group) is 1. The van der Waals surface area contributed by atoms with Gasteiger partial charge in [-0.25, -0.2) is 0 Å². The van der Waals surface area contributed by atoms with E-state index in [-0.39, 0.29) is 11.9 Å². The highest BCUT2D eigenvalue weighted by atomic mass is 16.2. The van der Waals surface area contributed by atoms with E-state index >= 15 is 0 Å². The van der Waals surface area contributed by atoms with Gasteiger partial charge in [0, 0.05) is 19.0 Å². The van der Waals surface area contributed by atoms with Crippen LogP contribution in [0.2, 0.25) is 0 Å². The SMILES string of the molecule is CNC(=O)[C@H](C)[NH+]1CCc2ccccc2C1. The average molecular weight is 219 g/mol. The van der Waals surface area contributed by atoms with E-state index in [0.29, 0.717) is 0 Å².